The number of hydrogen-bond donors (Lipinski definition) is 1. The van der Waals surface area contributed by atoms with Crippen LogP contribution in [0.15, 0.2) is 48.5 Å². The van der Waals surface area contributed by atoms with E-state index in [2.05, 4.69) is 4.72 Å². The number of carbonyl (C=O) groups is 1. The molecule has 2 amide bonds. The Hall–Kier alpha value is -2.49. The molecule has 2 aromatic rings. The molecule has 168 valence electrons. The van der Waals surface area contributed by atoms with Crippen molar-refractivity contribution in [3.05, 3.63) is 59.9 Å². The number of hydrogen-bond acceptors (Lipinski definition) is 4. The van der Waals surface area contributed by atoms with E-state index in [1.54, 1.807) is 17.9 Å². The molecule has 1 aliphatic rings. The van der Waals surface area contributed by atoms with Crippen LogP contribution in [-0.4, -0.2) is 63.0 Å². The van der Waals surface area contributed by atoms with E-state index in [9.17, 15) is 17.6 Å². The summed E-state index contributed by atoms with van der Waals surface area (Å²) >= 11 is 0. The standard InChI is InChI=1S/C22H28FN3O4S/c1-4-31(28,29)24-20-11-12-26(22(27)25(2)30-3)21(20)14-16-7-5-8-17(13-16)18-9-6-10-19(23)15-18/h5-10,13,15,20-21,24H,4,11-12,14H2,1-3H3/t20-,21-/m0/s1. The van der Waals surface area contributed by atoms with Crippen LogP contribution >= 0.6 is 0 Å². The van der Waals surface area contributed by atoms with E-state index in [1.807, 2.05) is 30.3 Å². The molecular weight excluding hydrogens is 421 g/mol. The van der Waals surface area contributed by atoms with Crippen molar-refractivity contribution in [1.29, 1.82) is 0 Å². The van der Waals surface area contributed by atoms with Crippen molar-refractivity contribution in [2.75, 3.05) is 26.5 Å². The summed E-state index contributed by atoms with van der Waals surface area (Å²) in [5.41, 5.74) is 2.53. The summed E-state index contributed by atoms with van der Waals surface area (Å²) in [5, 5.41) is 1.13. The van der Waals surface area contributed by atoms with Crippen LogP contribution in [0.1, 0.15) is 18.9 Å². The van der Waals surface area contributed by atoms with E-state index < -0.39 is 16.1 Å². The minimum Gasteiger partial charge on any atom is -0.318 e. The van der Waals surface area contributed by atoms with Crippen LogP contribution in [0.5, 0.6) is 0 Å². The lowest BCUT2D eigenvalue weighted by Crippen LogP contribution is -2.50. The van der Waals surface area contributed by atoms with Crippen LogP contribution in [0, 0.1) is 5.82 Å². The molecule has 1 heterocycles. The van der Waals surface area contributed by atoms with Crippen LogP contribution in [0.2, 0.25) is 0 Å². The van der Waals surface area contributed by atoms with Gasteiger partial charge in [-0.2, -0.15) is 0 Å². The number of carbonyl (C=O) groups excluding carboxylic acids is 1. The molecule has 0 saturated carbocycles. The zero-order chi connectivity index (χ0) is 22.6. The van der Waals surface area contributed by atoms with E-state index in [0.717, 1.165) is 21.8 Å². The number of sulfonamides is 1. The van der Waals surface area contributed by atoms with Gasteiger partial charge in [-0.3, -0.25) is 4.84 Å². The average molecular weight is 450 g/mol. The highest BCUT2D eigenvalue weighted by Crippen LogP contribution is 2.27. The largest absolute Gasteiger partial charge is 0.343 e. The second kappa shape index (κ2) is 9.76. The Bertz CT molecular complexity index is 1030. The lowest BCUT2D eigenvalue weighted by atomic mass is 9.97. The van der Waals surface area contributed by atoms with Gasteiger partial charge >= 0.3 is 6.03 Å². The summed E-state index contributed by atoms with van der Waals surface area (Å²) in [7, 11) is -0.507. The number of amides is 2. The Morgan fingerprint density at radius 1 is 1.23 bits per heavy atom. The average Bonchev–Trinajstić information content (AvgIpc) is 3.14. The molecule has 31 heavy (non-hydrogen) atoms. The normalized spacial score (nSPS) is 18.9. The molecule has 7 nitrogen and oxygen atoms in total. The molecule has 3 rings (SSSR count). The second-order valence-corrected chi connectivity index (χ2v) is 9.60. The predicted octanol–water partition coefficient (Wildman–Crippen LogP) is 3.03. The van der Waals surface area contributed by atoms with Crippen LogP contribution in [0.3, 0.4) is 0 Å². The number of hydroxylamine groups is 2. The third-order valence-electron chi connectivity index (χ3n) is 5.58. The first-order valence-electron chi connectivity index (χ1n) is 10.2. The fourth-order valence-electron chi connectivity index (χ4n) is 3.84. The fourth-order valence-corrected chi connectivity index (χ4v) is 4.74. The van der Waals surface area contributed by atoms with Crippen molar-refractivity contribution in [2.45, 2.75) is 31.8 Å². The second-order valence-electron chi connectivity index (χ2n) is 7.55. The van der Waals surface area contributed by atoms with Crippen LogP contribution in [0.4, 0.5) is 9.18 Å². The van der Waals surface area contributed by atoms with Gasteiger partial charge in [0.25, 0.3) is 0 Å². The fraction of sp³-hybridized carbons (Fsp3) is 0.409. The number of urea groups is 1. The minimum atomic E-state index is -3.43. The Balaban J connectivity index is 1.89. The van der Waals surface area contributed by atoms with Gasteiger partial charge in [0.2, 0.25) is 10.0 Å². The summed E-state index contributed by atoms with van der Waals surface area (Å²) < 4.78 is 40.8. The summed E-state index contributed by atoms with van der Waals surface area (Å²) in [4.78, 5) is 19.5. The minimum absolute atomic E-state index is 0.0306. The maximum atomic E-state index is 13.6. The van der Waals surface area contributed by atoms with Crippen molar-refractivity contribution >= 4 is 16.1 Å². The highest BCUT2D eigenvalue weighted by molar-refractivity contribution is 7.89. The smallest absolute Gasteiger partial charge is 0.318 e. The number of nitrogens with zero attached hydrogens (tertiary/aromatic N) is 2. The van der Waals surface area contributed by atoms with Crippen molar-refractivity contribution in [1.82, 2.24) is 14.7 Å². The molecule has 2 atom stereocenters. The molecule has 1 N–H and O–H groups in total. The van der Waals surface area contributed by atoms with Gasteiger partial charge < -0.3 is 4.90 Å². The molecule has 1 saturated heterocycles. The lowest BCUT2D eigenvalue weighted by molar-refractivity contribution is -0.0770. The molecule has 0 radical (unpaired) electrons. The first-order valence-corrected chi connectivity index (χ1v) is 11.8. The quantitative estimate of drug-likeness (QED) is 0.659. The zero-order valence-electron chi connectivity index (χ0n) is 17.9. The maximum Gasteiger partial charge on any atom is 0.343 e. The molecule has 1 fully saturated rings. The van der Waals surface area contributed by atoms with E-state index in [4.69, 9.17) is 4.84 Å². The lowest BCUT2D eigenvalue weighted by Gasteiger charge is -2.31. The summed E-state index contributed by atoms with van der Waals surface area (Å²) in [5.74, 6) is -0.343. The Kier molecular flexibility index (Phi) is 7.30. The van der Waals surface area contributed by atoms with E-state index in [-0.39, 0.29) is 23.6 Å². The Labute approximate surface area is 182 Å². The zero-order valence-corrected chi connectivity index (χ0v) is 18.7. The number of benzene rings is 2. The van der Waals surface area contributed by atoms with Crippen LogP contribution in [0.25, 0.3) is 11.1 Å². The molecular formula is C22H28FN3O4S. The molecule has 9 heteroatoms. The summed E-state index contributed by atoms with van der Waals surface area (Å²) in [6.07, 6.45) is 0.958. The van der Waals surface area contributed by atoms with E-state index >= 15 is 0 Å². The SMILES string of the molecule is CCS(=O)(=O)N[C@H]1CCN(C(=O)N(C)OC)[C@H]1Cc1cccc(-c2cccc(F)c2)c1. The molecule has 1 aliphatic heterocycles. The first kappa shape index (κ1) is 23.2. The molecule has 0 bridgehead atoms. The van der Waals surface area contributed by atoms with Gasteiger partial charge in [0.05, 0.1) is 18.9 Å². The topological polar surface area (TPSA) is 79.0 Å². The van der Waals surface area contributed by atoms with Gasteiger partial charge in [-0.15, -0.1) is 0 Å². The van der Waals surface area contributed by atoms with Crippen molar-refractivity contribution < 1.29 is 22.4 Å². The van der Waals surface area contributed by atoms with Gasteiger partial charge in [0.1, 0.15) is 5.82 Å². The third kappa shape index (κ3) is 5.61. The Morgan fingerprint density at radius 2 is 1.90 bits per heavy atom. The third-order valence-corrected chi connectivity index (χ3v) is 7.00. The van der Waals surface area contributed by atoms with Crippen molar-refractivity contribution in [3.8, 4) is 11.1 Å². The van der Waals surface area contributed by atoms with Crippen LogP contribution in [-0.2, 0) is 21.3 Å². The van der Waals surface area contributed by atoms with Gasteiger partial charge in [-0.05, 0) is 48.6 Å². The van der Waals surface area contributed by atoms with Gasteiger partial charge in [0.15, 0.2) is 0 Å². The molecule has 0 aliphatic carbocycles. The summed E-state index contributed by atoms with van der Waals surface area (Å²) in [6.45, 7) is 1.99. The molecule has 0 spiro atoms. The predicted molar refractivity (Wildman–Crippen MR) is 117 cm³/mol. The maximum absolute atomic E-state index is 13.6. The molecule has 0 aromatic heterocycles. The highest BCUT2D eigenvalue weighted by atomic mass is 32.2. The number of rotatable bonds is 7. The highest BCUT2D eigenvalue weighted by Gasteiger charge is 2.40. The molecule has 2 aromatic carbocycles. The van der Waals surface area contributed by atoms with Crippen LogP contribution < -0.4 is 4.72 Å². The molecule has 0 unspecified atom stereocenters. The van der Waals surface area contributed by atoms with Crippen molar-refractivity contribution in [2.24, 2.45) is 0 Å². The monoisotopic (exact) mass is 449 g/mol. The number of halogens is 1. The first-order chi connectivity index (χ1) is 14.7. The number of likely N-dealkylation sites (tertiary alicyclic amines) is 1. The van der Waals surface area contributed by atoms with Crippen molar-refractivity contribution in [3.63, 3.8) is 0 Å². The summed E-state index contributed by atoms with van der Waals surface area (Å²) in [6, 6.07) is 12.9. The van der Waals surface area contributed by atoms with Gasteiger partial charge in [-0.1, -0.05) is 36.4 Å². The van der Waals surface area contributed by atoms with E-state index in [0.29, 0.717) is 19.4 Å². The van der Waals surface area contributed by atoms with E-state index in [1.165, 1.54) is 26.3 Å². The number of nitrogens with one attached hydrogen (secondary N) is 1. The Morgan fingerprint density at radius 3 is 2.55 bits per heavy atom. The van der Waals surface area contributed by atoms with Gasteiger partial charge in [0, 0.05) is 19.6 Å². The van der Waals surface area contributed by atoms with Gasteiger partial charge in [-0.25, -0.2) is 27.4 Å².